The molecule has 0 atom stereocenters. The molecule has 4 aromatic rings. The van der Waals surface area contributed by atoms with E-state index in [1.807, 2.05) is 23.6 Å². The number of hydrogen-bond acceptors (Lipinski definition) is 4. The number of benzene rings is 2. The molecule has 0 aliphatic carbocycles. The molecular formula is C24H16ClNO3S. The highest BCUT2D eigenvalue weighted by Crippen LogP contribution is 2.38. The molecule has 0 unspecified atom stereocenters. The van der Waals surface area contributed by atoms with E-state index in [9.17, 15) is 14.4 Å². The molecule has 2 amide bonds. The van der Waals surface area contributed by atoms with Gasteiger partial charge in [-0.1, -0.05) is 37.6 Å². The zero-order valence-corrected chi connectivity index (χ0v) is 17.8. The van der Waals surface area contributed by atoms with Crippen LogP contribution in [-0.2, 0) is 0 Å². The predicted molar refractivity (Wildman–Crippen MR) is 122 cm³/mol. The fourth-order valence-corrected chi connectivity index (χ4v) is 5.32. The zero-order valence-electron chi connectivity index (χ0n) is 16.2. The number of nitrogens with zero attached hydrogens (tertiary/aromatic N) is 1. The van der Waals surface area contributed by atoms with Crippen molar-refractivity contribution in [2.24, 2.45) is 0 Å². The maximum absolute atomic E-state index is 13.3. The Morgan fingerprint density at radius 1 is 0.900 bits per heavy atom. The number of hydrogen-bond donors (Lipinski definition) is 0. The van der Waals surface area contributed by atoms with Crippen LogP contribution in [0.5, 0.6) is 0 Å². The average molecular weight is 434 g/mol. The smallest absolute Gasteiger partial charge is 0.266 e. The van der Waals surface area contributed by atoms with Crippen molar-refractivity contribution < 1.29 is 9.59 Å². The van der Waals surface area contributed by atoms with Crippen molar-refractivity contribution in [3.05, 3.63) is 85.8 Å². The Morgan fingerprint density at radius 2 is 1.57 bits per heavy atom. The zero-order chi connectivity index (χ0) is 21.2. The second-order valence-corrected chi connectivity index (χ2v) is 8.96. The first kappa shape index (κ1) is 19.0. The largest absolute Gasteiger partial charge is 0.289 e. The highest BCUT2D eigenvalue weighted by atomic mass is 35.5. The third-order valence-corrected chi connectivity index (χ3v) is 6.66. The number of rotatable bonds is 2. The molecule has 30 heavy (non-hydrogen) atoms. The van der Waals surface area contributed by atoms with Gasteiger partial charge in [0.25, 0.3) is 11.8 Å². The maximum Gasteiger partial charge on any atom is 0.266 e. The van der Waals surface area contributed by atoms with Crippen LogP contribution in [0.1, 0.15) is 46.0 Å². The monoisotopic (exact) mass is 433 g/mol. The average Bonchev–Trinajstić information content (AvgIpc) is 3.17. The van der Waals surface area contributed by atoms with Gasteiger partial charge in [0.2, 0.25) is 0 Å². The second-order valence-electron chi connectivity index (χ2n) is 7.67. The third kappa shape index (κ3) is 2.70. The van der Waals surface area contributed by atoms with Gasteiger partial charge in [0.15, 0.2) is 5.43 Å². The topological polar surface area (TPSA) is 54.5 Å². The van der Waals surface area contributed by atoms with Crippen molar-refractivity contribution in [1.29, 1.82) is 0 Å². The molecule has 1 aromatic heterocycles. The minimum atomic E-state index is -0.402. The first-order valence-corrected chi connectivity index (χ1v) is 10.8. The van der Waals surface area contributed by atoms with E-state index >= 15 is 0 Å². The van der Waals surface area contributed by atoms with Crippen molar-refractivity contribution >= 4 is 61.3 Å². The lowest BCUT2D eigenvalue weighted by molar-refractivity contribution is 0.0927. The number of thiophene rings is 1. The number of carbonyl (C=O) groups excluding carboxylic acids is 2. The molecule has 1 aliphatic rings. The van der Waals surface area contributed by atoms with Crippen LogP contribution in [0.4, 0.5) is 5.00 Å². The Kier molecular flexibility index (Phi) is 4.27. The molecule has 0 N–H and O–H groups in total. The van der Waals surface area contributed by atoms with Crippen LogP contribution in [-0.4, -0.2) is 11.8 Å². The number of amides is 2. The summed E-state index contributed by atoms with van der Waals surface area (Å²) in [6, 6.07) is 13.9. The molecule has 0 saturated carbocycles. The molecule has 0 bridgehead atoms. The number of halogens is 1. The Balaban J connectivity index is 1.81. The molecule has 0 radical (unpaired) electrons. The minimum Gasteiger partial charge on any atom is -0.289 e. The van der Waals surface area contributed by atoms with Gasteiger partial charge in [-0.15, -0.1) is 11.3 Å². The molecular weight excluding hydrogens is 418 g/mol. The highest BCUT2D eigenvalue weighted by Gasteiger charge is 2.38. The summed E-state index contributed by atoms with van der Waals surface area (Å²) >= 11 is 7.55. The number of fused-ring (bicyclic) bond motifs is 3. The van der Waals surface area contributed by atoms with Crippen LogP contribution in [0.25, 0.3) is 21.5 Å². The normalized spacial score (nSPS) is 13.7. The van der Waals surface area contributed by atoms with Gasteiger partial charge in [0, 0.05) is 10.4 Å². The summed E-state index contributed by atoms with van der Waals surface area (Å²) in [4.78, 5) is 40.3. The van der Waals surface area contributed by atoms with E-state index in [1.165, 1.54) is 11.3 Å². The van der Waals surface area contributed by atoms with Crippen molar-refractivity contribution in [1.82, 2.24) is 0 Å². The van der Waals surface area contributed by atoms with Gasteiger partial charge >= 0.3 is 0 Å². The van der Waals surface area contributed by atoms with Gasteiger partial charge in [-0.3, -0.25) is 14.4 Å². The molecule has 5 rings (SSSR count). The minimum absolute atomic E-state index is 0.181. The van der Waals surface area contributed by atoms with Crippen molar-refractivity contribution in [2.45, 2.75) is 19.8 Å². The van der Waals surface area contributed by atoms with Gasteiger partial charge < -0.3 is 0 Å². The molecule has 3 aromatic carbocycles. The van der Waals surface area contributed by atoms with Crippen LogP contribution in [0.3, 0.4) is 0 Å². The fourth-order valence-electron chi connectivity index (χ4n) is 4.05. The van der Waals surface area contributed by atoms with Crippen LogP contribution in [0, 0.1) is 0 Å². The lowest BCUT2D eigenvalue weighted by Crippen LogP contribution is -2.29. The van der Waals surface area contributed by atoms with Crippen molar-refractivity contribution in [2.75, 3.05) is 4.90 Å². The SMILES string of the molecule is CC(C)c1cc(Cl)cc2cc3csc(N4C(=O)c5ccccc5C4=O)c3c(=O)cc12. The lowest BCUT2D eigenvalue weighted by atomic mass is 9.97. The van der Waals surface area contributed by atoms with Gasteiger partial charge in [0.05, 0.1) is 16.5 Å². The molecule has 6 heteroatoms. The standard InChI is InChI=1S/C24H16ClNO3S/c1-12(2)18-9-15(25)8-13-7-14-11-30-24(21(14)20(27)10-19(13)18)26-22(28)16-5-3-4-6-17(16)23(26)29/h3-12H,1-2H3. The van der Waals surface area contributed by atoms with Crippen molar-refractivity contribution in [3.63, 3.8) is 0 Å². The summed E-state index contributed by atoms with van der Waals surface area (Å²) in [5.74, 6) is -0.623. The Morgan fingerprint density at radius 3 is 2.20 bits per heavy atom. The first-order chi connectivity index (χ1) is 14.4. The van der Waals surface area contributed by atoms with Gasteiger partial charge in [-0.25, -0.2) is 4.90 Å². The van der Waals surface area contributed by atoms with Crippen LogP contribution < -0.4 is 10.3 Å². The summed E-state index contributed by atoms with van der Waals surface area (Å²) in [7, 11) is 0. The van der Waals surface area contributed by atoms with Gasteiger partial charge in [-0.05, 0) is 64.0 Å². The highest BCUT2D eigenvalue weighted by molar-refractivity contribution is 7.16. The van der Waals surface area contributed by atoms with E-state index in [4.69, 9.17) is 11.6 Å². The van der Waals surface area contributed by atoms with Crippen LogP contribution in [0.2, 0.25) is 5.02 Å². The van der Waals surface area contributed by atoms with E-state index in [2.05, 4.69) is 13.8 Å². The van der Waals surface area contributed by atoms with E-state index in [-0.39, 0.29) is 11.3 Å². The van der Waals surface area contributed by atoms with Crippen LogP contribution >= 0.6 is 22.9 Å². The maximum atomic E-state index is 13.3. The first-order valence-electron chi connectivity index (χ1n) is 9.53. The number of carbonyl (C=O) groups is 2. The predicted octanol–water partition coefficient (Wildman–Crippen LogP) is 5.99. The van der Waals surface area contributed by atoms with E-state index in [0.717, 1.165) is 21.2 Å². The van der Waals surface area contributed by atoms with E-state index < -0.39 is 11.8 Å². The molecule has 4 nitrogen and oxygen atoms in total. The Hall–Kier alpha value is -3.02. The summed E-state index contributed by atoms with van der Waals surface area (Å²) in [6.07, 6.45) is 0. The van der Waals surface area contributed by atoms with Crippen LogP contribution in [0.15, 0.2) is 58.7 Å². The van der Waals surface area contributed by atoms with Crippen molar-refractivity contribution in [3.8, 4) is 0 Å². The summed E-state index contributed by atoms with van der Waals surface area (Å²) < 4.78 is 0. The molecule has 2 heterocycles. The number of imide groups is 1. The fraction of sp³-hybridized carbons (Fsp3) is 0.125. The summed E-state index contributed by atoms with van der Waals surface area (Å²) in [5, 5.41) is 5.51. The molecule has 1 aliphatic heterocycles. The van der Waals surface area contributed by atoms with E-state index in [1.54, 1.807) is 30.3 Å². The Labute approximate surface area is 181 Å². The second kappa shape index (κ2) is 6.76. The molecule has 0 fully saturated rings. The molecule has 0 saturated heterocycles. The quantitative estimate of drug-likeness (QED) is 0.365. The van der Waals surface area contributed by atoms with Gasteiger partial charge in [-0.2, -0.15) is 0 Å². The number of anilines is 1. The summed E-state index contributed by atoms with van der Waals surface area (Å²) in [5.41, 5.74) is 1.47. The lowest BCUT2D eigenvalue weighted by Gasteiger charge is -2.11. The Bertz CT molecular complexity index is 1420. The third-order valence-electron chi connectivity index (χ3n) is 5.46. The summed E-state index contributed by atoms with van der Waals surface area (Å²) in [6.45, 7) is 4.10. The van der Waals surface area contributed by atoms with Gasteiger partial charge in [0.1, 0.15) is 5.00 Å². The van der Waals surface area contributed by atoms with E-state index in [0.29, 0.717) is 31.9 Å². The molecule has 0 spiro atoms. The molecule has 148 valence electrons.